The summed E-state index contributed by atoms with van der Waals surface area (Å²) in [5, 5.41) is 2.30. The van der Waals surface area contributed by atoms with Gasteiger partial charge >= 0.3 is 0 Å². The molecule has 2 nitrogen and oxygen atoms in total. The first-order chi connectivity index (χ1) is 24.3. The summed E-state index contributed by atoms with van der Waals surface area (Å²) in [6, 6.07) is 64.5. The quantitative estimate of drug-likeness (QED) is 0.180. The maximum Gasteiger partial charge on any atom is 0.161 e. The van der Waals surface area contributed by atoms with Crippen LogP contribution in [0.5, 0.6) is 0 Å². The van der Waals surface area contributed by atoms with E-state index >= 15 is 0 Å². The molecule has 0 amide bonds. The van der Waals surface area contributed by atoms with Crippen molar-refractivity contribution in [3.8, 4) is 67.2 Å². The Hall–Kier alpha value is -6.16. The van der Waals surface area contributed by atoms with Crippen LogP contribution in [-0.2, 0) is 0 Å². The molecule has 0 saturated heterocycles. The average Bonchev–Trinajstić information content (AvgIpc) is 3.57. The van der Waals surface area contributed by atoms with Crippen LogP contribution >= 0.6 is 11.3 Å². The highest BCUT2D eigenvalue weighted by molar-refractivity contribution is 7.25. The van der Waals surface area contributed by atoms with Crippen molar-refractivity contribution < 1.29 is 0 Å². The molecule has 0 aliphatic rings. The number of rotatable bonds is 6. The van der Waals surface area contributed by atoms with Gasteiger partial charge in [0.1, 0.15) is 4.83 Å². The third kappa shape index (κ3) is 5.61. The highest BCUT2D eigenvalue weighted by atomic mass is 32.1. The Morgan fingerprint density at radius 2 is 0.755 bits per heavy atom. The molecule has 9 rings (SSSR count). The zero-order valence-electron chi connectivity index (χ0n) is 26.6. The van der Waals surface area contributed by atoms with E-state index in [1.54, 1.807) is 11.3 Å². The summed E-state index contributed by atoms with van der Waals surface area (Å²) in [6.45, 7) is 0. The summed E-state index contributed by atoms with van der Waals surface area (Å²) in [5.41, 5.74) is 12.6. The van der Waals surface area contributed by atoms with Crippen LogP contribution < -0.4 is 0 Å². The molecule has 0 aliphatic heterocycles. The van der Waals surface area contributed by atoms with Gasteiger partial charge in [-0.3, -0.25) is 0 Å². The van der Waals surface area contributed by atoms with Crippen LogP contribution in [0.3, 0.4) is 0 Å². The zero-order chi connectivity index (χ0) is 32.6. The lowest BCUT2D eigenvalue weighted by molar-refractivity contribution is 1.24. The number of thiophene rings is 1. The molecule has 3 heteroatoms. The number of fused-ring (bicyclic) bond motifs is 3. The van der Waals surface area contributed by atoms with Crippen LogP contribution in [-0.4, -0.2) is 9.97 Å². The normalized spacial score (nSPS) is 11.3. The molecule has 7 aromatic carbocycles. The van der Waals surface area contributed by atoms with Crippen LogP contribution in [0.15, 0.2) is 182 Å². The lowest BCUT2D eigenvalue weighted by Crippen LogP contribution is -1.94. The van der Waals surface area contributed by atoms with E-state index in [4.69, 9.17) is 9.97 Å². The van der Waals surface area contributed by atoms with Crippen molar-refractivity contribution in [3.05, 3.63) is 182 Å². The second-order valence-corrected chi connectivity index (χ2v) is 13.3. The summed E-state index contributed by atoms with van der Waals surface area (Å²) in [7, 11) is 0. The van der Waals surface area contributed by atoms with Crippen molar-refractivity contribution in [2.75, 3.05) is 0 Å². The Bertz CT molecular complexity index is 2570. The minimum atomic E-state index is 0.735. The fourth-order valence-corrected chi connectivity index (χ4v) is 7.69. The van der Waals surface area contributed by atoms with Crippen LogP contribution in [0.1, 0.15) is 0 Å². The maximum atomic E-state index is 5.27. The molecule has 0 atom stereocenters. The highest BCUT2D eigenvalue weighted by Crippen LogP contribution is 2.40. The van der Waals surface area contributed by atoms with Gasteiger partial charge in [-0.1, -0.05) is 164 Å². The monoisotopic (exact) mass is 642 g/mol. The SMILES string of the molecule is c1ccc(-c2cccc(-c3ccc(-c4nc(-c5ccc(-c6cccc(-c7ccccc7)c6)cc5)c5c(n4)sc4ccccc45)cc3)c2)cc1. The number of nitrogens with zero attached hydrogens (tertiary/aromatic N) is 2. The van der Waals surface area contributed by atoms with E-state index in [1.165, 1.54) is 49.0 Å². The third-order valence-electron chi connectivity index (χ3n) is 9.15. The largest absolute Gasteiger partial charge is 0.227 e. The Kier molecular flexibility index (Phi) is 7.38. The van der Waals surface area contributed by atoms with E-state index in [0.29, 0.717) is 0 Å². The molecule has 49 heavy (non-hydrogen) atoms. The number of aromatic nitrogens is 2. The lowest BCUT2D eigenvalue weighted by atomic mass is 9.97. The molecule has 2 aromatic heterocycles. The number of hydrogen-bond donors (Lipinski definition) is 0. The predicted molar refractivity (Wildman–Crippen MR) is 208 cm³/mol. The van der Waals surface area contributed by atoms with Crippen molar-refractivity contribution in [1.82, 2.24) is 9.97 Å². The minimum absolute atomic E-state index is 0.735. The van der Waals surface area contributed by atoms with Crippen molar-refractivity contribution in [2.24, 2.45) is 0 Å². The molecule has 0 spiro atoms. The van der Waals surface area contributed by atoms with Gasteiger partial charge in [-0.25, -0.2) is 9.97 Å². The van der Waals surface area contributed by atoms with Crippen LogP contribution in [0.25, 0.3) is 87.5 Å². The summed E-state index contributed by atoms with van der Waals surface area (Å²) in [5.74, 6) is 0.735. The first-order valence-electron chi connectivity index (χ1n) is 16.5. The van der Waals surface area contributed by atoms with Crippen molar-refractivity contribution in [3.63, 3.8) is 0 Å². The zero-order valence-corrected chi connectivity index (χ0v) is 27.4. The molecule has 0 unspecified atom stereocenters. The van der Waals surface area contributed by atoms with Gasteiger partial charge in [0, 0.05) is 26.6 Å². The van der Waals surface area contributed by atoms with E-state index in [2.05, 4.69) is 182 Å². The van der Waals surface area contributed by atoms with Gasteiger partial charge in [0.15, 0.2) is 5.82 Å². The number of benzene rings is 7. The second kappa shape index (κ2) is 12.5. The molecule has 0 aliphatic carbocycles. The first kappa shape index (κ1) is 29.0. The lowest BCUT2D eigenvalue weighted by Gasteiger charge is -2.10. The minimum Gasteiger partial charge on any atom is -0.227 e. The summed E-state index contributed by atoms with van der Waals surface area (Å²) < 4.78 is 1.22. The molecular formula is C46H30N2S. The summed E-state index contributed by atoms with van der Waals surface area (Å²) in [6.07, 6.45) is 0. The number of hydrogen-bond acceptors (Lipinski definition) is 3. The molecule has 0 N–H and O–H groups in total. The maximum absolute atomic E-state index is 5.27. The van der Waals surface area contributed by atoms with Crippen LogP contribution in [0.2, 0.25) is 0 Å². The predicted octanol–water partition coefficient (Wildman–Crippen LogP) is 12.8. The average molecular weight is 643 g/mol. The van der Waals surface area contributed by atoms with Crippen molar-refractivity contribution in [2.45, 2.75) is 0 Å². The highest BCUT2D eigenvalue weighted by Gasteiger charge is 2.17. The van der Waals surface area contributed by atoms with Gasteiger partial charge in [-0.2, -0.15) is 0 Å². The Morgan fingerprint density at radius 3 is 1.31 bits per heavy atom. The molecule has 9 aromatic rings. The van der Waals surface area contributed by atoms with E-state index < -0.39 is 0 Å². The topological polar surface area (TPSA) is 25.8 Å². The molecule has 0 radical (unpaired) electrons. The smallest absolute Gasteiger partial charge is 0.161 e. The third-order valence-corrected chi connectivity index (χ3v) is 10.2. The van der Waals surface area contributed by atoms with Gasteiger partial charge in [0.2, 0.25) is 0 Å². The second-order valence-electron chi connectivity index (χ2n) is 12.2. The van der Waals surface area contributed by atoms with Gasteiger partial charge < -0.3 is 0 Å². The molecular weight excluding hydrogens is 613 g/mol. The van der Waals surface area contributed by atoms with E-state index in [1.807, 2.05) is 0 Å². The molecule has 0 fully saturated rings. The molecule has 0 saturated carbocycles. The van der Waals surface area contributed by atoms with Gasteiger partial charge in [-0.15, -0.1) is 11.3 Å². The van der Waals surface area contributed by atoms with Crippen LogP contribution in [0.4, 0.5) is 0 Å². The fourth-order valence-electron chi connectivity index (χ4n) is 6.61. The van der Waals surface area contributed by atoms with Gasteiger partial charge in [0.05, 0.1) is 5.69 Å². The standard InChI is InChI=1S/C46H30N2S/c1-3-11-31(12-4-1)37-15-9-17-39(29-37)33-21-25-35(26-22-33)44-43-41-19-7-8-20-42(41)49-46(43)48-45(47-44)36-27-23-34(24-28-36)40-18-10-16-38(30-40)32-13-5-2-6-14-32/h1-30H. The van der Waals surface area contributed by atoms with Crippen LogP contribution in [0, 0.1) is 0 Å². The first-order valence-corrected chi connectivity index (χ1v) is 17.3. The van der Waals surface area contributed by atoms with E-state index in [0.717, 1.165) is 38.4 Å². The molecule has 2 heterocycles. The van der Waals surface area contributed by atoms with Gasteiger partial charge in [-0.05, 0) is 62.7 Å². The Balaban J connectivity index is 1.10. The van der Waals surface area contributed by atoms with E-state index in [9.17, 15) is 0 Å². The summed E-state index contributed by atoms with van der Waals surface area (Å²) >= 11 is 1.73. The van der Waals surface area contributed by atoms with Gasteiger partial charge in [0.25, 0.3) is 0 Å². The summed E-state index contributed by atoms with van der Waals surface area (Å²) in [4.78, 5) is 11.4. The van der Waals surface area contributed by atoms with Crippen molar-refractivity contribution >= 4 is 31.6 Å². The Labute approximate surface area is 289 Å². The fraction of sp³-hybridized carbons (Fsp3) is 0. The van der Waals surface area contributed by atoms with Crippen molar-refractivity contribution in [1.29, 1.82) is 0 Å². The Morgan fingerprint density at radius 1 is 0.327 bits per heavy atom. The van der Waals surface area contributed by atoms with E-state index in [-0.39, 0.29) is 0 Å². The molecule has 230 valence electrons. The molecule has 0 bridgehead atoms.